The van der Waals surface area contributed by atoms with Crippen LogP contribution in [0.1, 0.15) is 142 Å². The van der Waals surface area contributed by atoms with Gasteiger partial charge in [0.25, 0.3) is 0 Å². The zero-order valence-corrected chi connectivity index (χ0v) is 39.9. The molecule has 14 heteroatoms. The molecule has 2 aliphatic heterocycles. The number of hydrogen-bond donors (Lipinski definition) is 9. The predicted molar refractivity (Wildman–Crippen MR) is 258 cm³/mol. The van der Waals surface area contributed by atoms with E-state index in [1.54, 1.807) is 6.08 Å². The summed E-state index contributed by atoms with van der Waals surface area (Å²) in [7, 11) is 0. The molecule has 0 radical (unpaired) electrons. The third kappa shape index (κ3) is 25.0. The van der Waals surface area contributed by atoms with Crippen molar-refractivity contribution in [3.05, 3.63) is 85.1 Å². The van der Waals surface area contributed by atoms with Crippen LogP contribution in [0.3, 0.4) is 0 Å². The Kier molecular flexibility index (Phi) is 34.2. The van der Waals surface area contributed by atoms with E-state index < -0.39 is 86.8 Å². The van der Waals surface area contributed by atoms with Gasteiger partial charge in [-0.3, -0.25) is 4.79 Å². The van der Waals surface area contributed by atoms with E-state index in [1.807, 2.05) is 12.2 Å². The second kappa shape index (κ2) is 38.1. The van der Waals surface area contributed by atoms with Gasteiger partial charge in [0.15, 0.2) is 12.6 Å². The van der Waals surface area contributed by atoms with Gasteiger partial charge in [0, 0.05) is 6.42 Å². The minimum Gasteiger partial charge on any atom is -0.394 e. The summed E-state index contributed by atoms with van der Waals surface area (Å²) in [4.78, 5) is 13.1. The second-order valence-electron chi connectivity index (χ2n) is 17.2. The normalized spacial score (nSPS) is 27.5. The molecular weight excluding hydrogens is 847 g/mol. The Bertz CT molecular complexity index is 1430. The minimum absolute atomic E-state index is 0.190. The molecule has 378 valence electrons. The number of rotatable bonds is 36. The summed E-state index contributed by atoms with van der Waals surface area (Å²) in [5, 5.41) is 86.6. The number of carbonyl (C=O) groups is 1. The van der Waals surface area contributed by atoms with Crippen molar-refractivity contribution in [2.45, 2.75) is 216 Å². The van der Waals surface area contributed by atoms with Crippen LogP contribution in [0.2, 0.25) is 0 Å². The van der Waals surface area contributed by atoms with Crippen molar-refractivity contribution in [3.63, 3.8) is 0 Å². The molecule has 2 saturated heterocycles. The Labute approximate surface area is 395 Å². The Morgan fingerprint density at radius 2 is 1.06 bits per heavy atom. The van der Waals surface area contributed by atoms with E-state index in [0.717, 1.165) is 44.9 Å². The first-order valence-corrected chi connectivity index (χ1v) is 24.8. The molecule has 12 atom stereocenters. The number of aliphatic hydroxyl groups excluding tert-OH is 8. The van der Waals surface area contributed by atoms with Crippen LogP contribution in [0.4, 0.5) is 0 Å². The van der Waals surface area contributed by atoms with Crippen LogP contribution in [0.15, 0.2) is 85.1 Å². The van der Waals surface area contributed by atoms with Gasteiger partial charge in [-0.1, -0.05) is 150 Å². The highest BCUT2D eigenvalue weighted by molar-refractivity contribution is 5.76. The molecule has 1 amide bonds. The zero-order valence-electron chi connectivity index (χ0n) is 39.9. The number of hydrogen-bond acceptors (Lipinski definition) is 13. The van der Waals surface area contributed by atoms with Crippen LogP contribution >= 0.6 is 0 Å². The molecule has 0 aromatic carbocycles. The van der Waals surface area contributed by atoms with Gasteiger partial charge in [-0.2, -0.15) is 0 Å². The molecule has 2 fully saturated rings. The number of amides is 1. The van der Waals surface area contributed by atoms with E-state index in [1.165, 1.54) is 57.8 Å². The molecule has 2 aliphatic rings. The fourth-order valence-corrected chi connectivity index (χ4v) is 7.52. The Balaban J connectivity index is 1.92. The van der Waals surface area contributed by atoms with Gasteiger partial charge in [-0.15, -0.1) is 0 Å². The van der Waals surface area contributed by atoms with E-state index >= 15 is 0 Å². The van der Waals surface area contributed by atoms with E-state index in [4.69, 9.17) is 18.9 Å². The number of carbonyl (C=O) groups excluding carboxylic acids is 1. The summed E-state index contributed by atoms with van der Waals surface area (Å²) >= 11 is 0. The second-order valence-corrected chi connectivity index (χ2v) is 17.2. The number of aliphatic hydroxyl groups is 8. The topological polar surface area (TPSA) is 228 Å². The van der Waals surface area contributed by atoms with E-state index in [0.29, 0.717) is 19.3 Å². The zero-order chi connectivity index (χ0) is 48.2. The smallest absolute Gasteiger partial charge is 0.220 e. The summed E-state index contributed by atoms with van der Waals surface area (Å²) in [5.41, 5.74) is 0. The third-order valence-electron chi connectivity index (χ3n) is 11.6. The largest absolute Gasteiger partial charge is 0.394 e. The molecule has 0 aromatic rings. The van der Waals surface area contributed by atoms with Crippen molar-refractivity contribution in [1.82, 2.24) is 5.32 Å². The quantitative estimate of drug-likeness (QED) is 0.0252. The molecule has 14 nitrogen and oxygen atoms in total. The van der Waals surface area contributed by atoms with Crippen molar-refractivity contribution >= 4 is 5.91 Å². The molecule has 2 rings (SSSR count). The summed E-state index contributed by atoms with van der Waals surface area (Å²) in [5.74, 6) is -0.311. The van der Waals surface area contributed by atoms with Crippen LogP contribution < -0.4 is 5.32 Å². The Morgan fingerprint density at radius 1 is 0.561 bits per heavy atom. The van der Waals surface area contributed by atoms with Gasteiger partial charge in [0.05, 0.1) is 32.0 Å². The highest BCUT2D eigenvalue weighted by atomic mass is 16.7. The summed E-state index contributed by atoms with van der Waals surface area (Å²) < 4.78 is 22.6. The van der Waals surface area contributed by atoms with Crippen molar-refractivity contribution < 1.29 is 64.6 Å². The van der Waals surface area contributed by atoms with Crippen molar-refractivity contribution in [2.24, 2.45) is 0 Å². The van der Waals surface area contributed by atoms with Crippen molar-refractivity contribution in [2.75, 3.05) is 19.8 Å². The first-order chi connectivity index (χ1) is 32.1. The molecule has 0 aliphatic carbocycles. The molecule has 12 unspecified atom stereocenters. The molecule has 9 N–H and O–H groups in total. The maximum absolute atomic E-state index is 13.1. The van der Waals surface area contributed by atoms with Crippen LogP contribution in [-0.4, -0.2) is 140 Å². The first kappa shape index (κ1) is 59.3. The molecule has 0 aromatic heterocycles. The molecule has 0 saturated carbocycles. The predicted octanol–water partition coefficient (Wildman–Crippen LogP) is 6.21. The minimum atomic E-state index is -1.80. The number of ether oxygens (including phenoxy) is 4. The highest BCUT2D eigenvalue weighted by Gasteiger charge is 2.51. The SMILES string of the molecule is CC/C=C\C/C=C\C/C=C\C/C=C\C/C=C\CCCC(=O)NC(COC1OC(CO)C(OC2OC(CO)C(O)C(O)C2O)C(O)C1O)C(O)/C=C/CC/C=C/CCCCCCCCCCC. The average molecular weight is 934 g/mol. The van der Waals surface area contributed by atoms with Crippen LogP contribution in [0, 0.1) is 0 Å². The number of unbranched alkanes of at least 4 members (excludes halogenated alkanes) is 11. The fourth-order valence-electron chi connectivity index (χ4n) is 7.52. The van der Waals surface area contributed by atoms with Gasteiger partial charge < -0.3 is 65.1 Å². The van der Waals surface area contributed by atoms with Gasteiger partial charge in [-0.05, 0) is 70.6 Å². The van der Waals surface area contributed by atoms with E-state index in [9.17, 15) is 45.6 Å². The van der Waals surface area contributed by atoms with E-state index in [-0.39, 0.29) is 18.9 Å². The fraction of sp³-hybridized carbons (Fsp3) is 0.712. The van der Waals surface area contributed by atoms with E-state index in [2.05, 4.69) is 86.0 Å². The Hall–Kier alpha value is -2.83. The lowest BCUT2D eigenvalue weighted by Crippen LogP contribution is -2.65. The monoisotopic (exact) mass is 934 g/mol. The van der Waals surface area contributed by atoms with Crippen molar-refractivity contribution in [1.29, 1.82) is 0 Å². The lowest BCUT2D eigenvalue weighted by molar-refractivity contribution is -0.359. The summed E-state index contributed by atoms with van der Waals surface area (Å²) in [6.45, 7) is 2.58. The maximum atomic E-state index is 13.1. The average Bonchev–Trinajstić information content (AvgIpc) is 3.31. The molecular formula is C52H87NO13. The maximum Gasteiger partial charge on any atom is 0.220 e. The molecule has 66 heavy (non-hydrogen) atoms. The molecule has 0 spiro atoms. The first-order valence-electron chi connectivity index (χ1n) is 24.8. The van der Waals surface area contributed by atoms with Gasteiger partial charge >= 0.3 is 0 Å². The summed E-state index contributed by atoms with van der Waals surface area (Å²) in [6, 6.07) is -0.965. The molecule has 0 bridgehead atoms. The lowest BCUT2D eigenvalue weighted by Gasteiger charge is -2.46. The Morgan fingerprint density at radius 3 is 1.67 bits per heavy atom. The number of allylic oxidation sites excluding steroid dienone is 13. The van der Waals surface area contributed by atoms with Crippen LogP contribution in [0.5, 0.6) is 0 Å². The van der Waals surface area contributed by atoms with Crippen LogP contribution in [-0.2, 0) is 23.7 Å². The number of nitrogens with one attached hydrogen (secondary N) is 1. The van der Waals surface area contributed by atoms with Crippen molar-refractivity contribution in [3.8, 4) is 0 Å². The standard InChI is InChI=1S/C52H87NO13/c1-3-5-7-9-11-13-15-17-19-20-22-24-26-28-30-32-34-36-44(57)53-40(41(56)35-33-31-29-27-25-23-21-18-16-14-12-10-8-6-4-2)39-63-51-49(62)47(60)50(43(38-55)65-51)66-52-48(61)46(59)45(58)42(37-54)64-52/h5,7,11,13,17,19,22,24-25,27-28,30,33,35,40-43,45-52,54-56,58-62H,3-4,6,8-10,12,14-16,18,20-21,23,26,29,31-32,34,36-39H2,1-2H3,(H,53,57)/b7-5-,13-11-,19-17-,24-22-,27-25+,30-28-,35-33+. The lowest BCUT2D eigenvalue weighted by atomic mass is 9.97. The van der Waals surface area contributed by atoms with Gasteiger partial charge in [0.2, 0.25) is 5.91 Å². The van der Waals surface area contributed by atoms with Crippen LogP contribution in [0.25, 0.3) is 0 Å². The van der Waals surface area contributed by atoms with Gasteiger partial charge in [-0.25, -0.2) is 0 Å². The summed E-state index contributed by atoms with van der Waals surface area (Å²) in [6.07, 6.45) is 32.0. The third-order valence-corrected chi connectivity index (χ3v) is 11.6. The highest BCUT2D eigenvalue weighted by Crippen LogP contribution is 2.30. The molecule has 2 heterocycles. The van der Waals surface area contributed by atoms with Gasteiger partial charge in [0.1, 0.15) is 48.8 Å².